The van der Waals surface area contributed by atoms with Gasteiger partial charge in [0, 0.05) is 24.9 Å². The number of aldehydes is 1. The lowest BCUT2D eigenvalue weighted by Gasteiger charge is -2.31. The number of piperidine rings is 1. The fraction of sp³-hybridized carbons (Fsp3) is 0.538. The molecule has 1 aromatic heterocycles. The Bertz CT molecular complexity index is 326. The Morgan fingerprint density at radius 1 is 1.44 bits per heavy atom. The summed E-state index contributed by atoms with van der Waals surface area (Å²) in [4.78, 5) is 17.5. The molecular weight excluding hydrogens is 200 g/mol. The quantitative estimate of drug-likeness (QED) is 0.721. The Morgan fingerprint density at radius 2 is 2.38 bits per heavy atom. The summed E-state index contributed by atoms with van der Waals surface area (Å²) >= 11 is 0. The van der Waals surface area contributed by atoms with Crippen molar-refractivity contribution in [3.8, 4) is 0 Å². The minimum absolute atomic E-state index is 0.137. The normalized spacial score (nSPS) is 21.9. The van der Waals surface area contributed by atoms with E-state index in [0.717, 1.165) is 37.9 Å². The lowest BCUT2D eigenvalue weighted by Crippen LogP contribution is -2.41. The first kappa shape index (κ1) is 11.3. The van der Waals surface area contributed by atoms with Gasteiger partial charge >= 0.3 is 0 Å². The predicted molar refractivity (Wildman–Crippen MR) is 63.2 cm³/mol. The van der Waals surface area contributed by atoms with Gasteiger partial charge in [-0.15, -0.1) is 0 Å². The summed E-state index contributed by atoms with van der Waals surface area (Å²) in [5.41, 5.74) is 1.11. The summed E-state index contributed by atoms with van der Waals surface area (Å²) in [6, 6.07) is 6.12. The van der Waals surface area contributed by atoms with Gasteiger partial charge in [-0.3, -0.25) is 9.88 Å². The first-order valence-electron chi connectivity index (χ1n) is 5.99. The van der Waals surface area contributed by atoms with Gasteiger partial charge in [0.25, 0.3) is 0 Å². The number of hydrogen-bond acceptors (Lipinski definition) is 3. The molecule has 1 aliphatic heterocycles. The molecule has 2 heterocycles. The van der Waals surface area contributed by atoms with E-state index in [4.69, 9.17) is 0 Å². The molecule has 0 spiro atoms. The smallest absolute Gasteiger partial charge is 0.137 e. The van der Waals surface area contributed by atoms with E-state index in [2.05, 4.69) is 9.88 Å². The fourth-order valence-corrected chi connectivity index (χ4v) is 2.25. The highest BCUT2D eigenvalue weighted by molar-refractivity contribution is 5.57. The van der Waals surface area contributed by atoms with Crippen molar-refractivity contribution >= 4 is 6.29 Å². The average Bonchev–Trinajstić information content (AvgIpc) is 2.38. The summed E-state index contributed by atoms with van der Waals surface area (Å²) in [6.45, 7) is 2.00. The van der Waals surface area contributed by atoms with Crippen LogP contribution in [0.15, 0.2) is 24.4 Å². The number of likely N-dealkylation sites (tertiary alicyclic amines) is 1. The second kappa shape index (κ2) is 5.75. The third-order valence-corrected chi connectivity index (χ3v) is 3.20. The van der Waals surface area contributed by atoms with Crippen LogP contribution in [0.5, 0.6) is 0 Å². The van der Waals surface area contributed by atoms with E-state index >= 15 is 0 Å². The molecule has 0 bridgehead atoms. The third-order valence-electron chi connectivity index (χ3n) is 3.20. The zero-order valence-electron chi connectivity index (χ0n) is 9.51. The summed E-state index contributed by atoms with van der Waals surface area (Å²) in [5, 5.41) is 0. The van der Waals surface area contributed by atoms with Crippen molar-refractivity contribution in [3.63, 3.8) is 0 Å². The van der Waals surface area contributed by atoms with E-state index in [1.807, 2.05) is 24.4 Å². The highest BCUT2D eigenvalue weighted by Crippen LogP contribution is 2.15. The molecule has 1 saturated heterocycles. The van der Waals surface area contributed by atoms with E-state index in [1.165, 1.54) is 12.8 Å². The summed E-state index contributed by atoms with van der Waals surface area (Å²) in [5.74, 6) is 0. The van der Waals surface area contributed by atoms with Gasteiger partial charge in [0.15, 0.2) is 0 Å². The molecule has 0 aliphatic carbocycles. The predicted octanol–water partition coefficient (Wildman–Crippen LogP) is 1.68. The van der Waals surface area contributed by atoms with Gasteiger partial charge < -0.3 is 4.79 Å². The van der Waals surface area contributed by atoms with Gasteiger partial charge in [-0.1, -0.05) is 12.5 Å². The first-order valence-corrected chi connectivity index (χ1v) is 5.99. The Hall–Kier alpha value is -1.22. The second-order valence-corrected chi connectivity index (χ2v) is 4.31. The Balaban J connectivity index is 1.86. The van der Waals surface area contributed by atoms with Crippen molar-refractivity contribution in [1.29, 1.82) is 0 Å². The number of carbonyl (C=O) groups excluding carboxylic acids is 1. The van der Waals surface area contributed by atoms with Gasteiger partial charge in [-0.05, 0) is 31.5 Å². The molecule has 3 heteroatoms. The van der Waals surface area contributed by atoms with E-state index in [0.29, 0.717) is 0 Å². The summed E-state index contributed by atoms with van der Waals surface area (Å²) < 4.78 is 0. The number of nitrogens with zero attached hydrogens (tertiary/aromatic N) is 2. The maximum absolute atomic E-state index is 10.9. The third kappa shape index (κ3) is 2.89. The maximum Gasteiger partial charge on any atom is 0.137 e. The number of carbonyl (C=O) groups is 1. The number of hydrogen-bond donors (Lipinski definition) is 0. The van der Waals surface area contributed by atoms with E-state index in [-0.39, 0.29) is 6.04 Å². The van der Waals surface area contributed by atoms with Crippen LogP contribution in [0.2, 0.25) is 0 Å². The number of aromatic nitrogens is 1. The number of pyridine rings is 1. The van der Waals surface area contributed by atoms with Crippen LogP contribution in [0.25, 0.3) is 0 Å². The Kier molecular flexibility index (Phi) is 4.05. The molecule has 1 aliphatic rings. The molecule has 0 radical (unpaired) electrons. The van der Waals surface area contributed by atoms with Gasteiger partial charge in [0.05, 0.1) is 6.04 Å². The minimum Gasteiger partial charge on any atom is -0.302 e. The van der Waals surface area contributed by atoms with Crippen LogP contribution in [-0.2, 0) is 11.2 Å². The average molecular weight is 218 g/mol. The van der Waals surface area contributed by atoms with E-state index in [1.54, 1.807) is 0 Å². The van der Waals surface area contributed by atoms with Crippen LogP contribution in [0.1, 0.15) is 25.0 Å². The molecule has 1 aromatic rings. The molecule has 2 rings (SSSR count). The molecule has 0 aromatic carbocycles. The van der Waals surface area contributed by atoms with Gasteiger partial charge in [-0.25, -0.2) is 0 Å². The standard InChI is InChI=1S/C13H18N2O/c16-11-13-6-2-4-9-15(13)10-7-12-5-1-3-8-14-12/h1,3,5,8,11,13H,2,4,6-7,9-10H2. The molecule has 1 unspecified atom stereocenters. The molecule has 16 heavy (non-hydrogen) atoms. The van der Waals surface area contributed by atoms with Crippen LogP contribution >= 0.6 is 0 Å². The maximum atomic E-state index is 10.9. The molecule has 0 amide bonds. The molecule has 0 N–H and O–H groups in total. The van der Waals surface area contributed by atoms with Crippen LogP contribution in [0, 0.1) is 0 Å². The molecule has 3 nitrogen and oxygen atoms in total. The second-order valence-electron chi connectivity index (χ2n) is 4.31. The summed E-state index contributed by atoms with van der Waals surface area (Å²) in [7, 11) is 0. The molecule has 1 atom stereocenters. The van der Waals surface area contributed by atoms with Gasteiger partial charge in [0.2, 0.25) is 0 Å². The fourth-order valence-electron chi connectivity index (χ4n) is 2.25. The van der Waals surface area contributed by atoms with Crippen molar-refractivity contribution in [3.05, 3.63) is 30.1 Å². The van der Waals surface area contributed by atoms with Crippen molar-refractivity contribution in [2.45, 2.75) is 31.7 Å². The van der Waals surface area contributed by atoms with Crippen molar-refractivity contribution < 1.29 is 4.79 Å². The zero-order valence-corrected chi connectivity index (χ0v) is 9.51. The monoisotopic (exact) mass is 218 g/mol. The highest BCUT2D eigenvalue weighted by Gasteiger charge is 2.20. The highest BCUT2D eigenvalue weighted by atomic mass is 16.1. The molecular formula is C13H18N2O. The van der Waals surface area contributed by atoms with Crippen LogP contribution < -0.4 is 0 Å². The van der Waals surface area contributed by atoms with Crippen LogP contribution in [0.4, 0.5) is 0 Å². The topological polar surface area (TPSA) is 33.2 Å². The SMILES string of the molecule is O=CC1CCCCN1CCc1ccccn1. The van der Waals surface area contributed by atoms with Crippen molar-refractivity contribution in [2.75, 3.05) is 13.1 Å². The van der Waals surface area contributed by atoms with Gasteiger partial charge in [-0.2, -0.15) is 0 Å². The zero-order chi connectivity index (χ0) is 11.2. The van der Waals surface area contributed by atoms with Crippen molar-refractivity contribution in [1.82, 2.24) is 9.88 Å². The Morgan fingerprint density at radius 3 is 3.12 bits per heavy atom. The van der Waals surface area contributed by atoms with E-state index in [9.17, 15) is 4.79 Å². The largest absolute Gasteiger partial charge is 0.302 e. The van der Waals surface area contributed by atoms with Crippen LogP contribution in [0.3, 0.4) is 0 Å². The molecule has 1 fully saturated rings. The van der Waals surface area contributed by atoms with Crippen LogP contribution in [-0.4, -0.2) is 35.3 Å². The molecule has 86 valence electrons. The van der Waals surface area contributed by atoms with Crippen molar-refractivity contribution in [2.24, 2.45) is 0 Å². The summed E-state index contributed by atoms with van der Waals surface area (Å²) in [6.07, 6.45) is 7.27. The first-order chi connectivity index (χ1) is 7.90. The van der Waals surface area contributed by atoms with Gasteiger partial charge in [0.1, 0.15) is 6.29 Å². The Labute approximate surface area is 96.5 Å². The molecule has 0 saturated carbocycles. The minimum atomic E-state index is 0.137. The van der Waals surface area contributed by atoms with E-state index < -0.39 is 0 Å². The lowest BCUT2D eigenvalue weighted by molar-refractivity contribution is -0.113. The lowest BCUT2D eigenvalue weighted by atomic mass is 10.0. The number of rotatable bonds is 4.